The van der Waals surface area contributed by atoms with Gasteiger partial charge in [-0.3, -0.25) is 0 Å². The minimum atomic E-state index is -0.496. The summed E-state index contributed by atoms with van der Waals surface area (Å²) in [6.45, 7) is 0.703. The molecule has 1 aromatic rings. The largest absolute Gasteiger partial charge is 0.493 e. The fourth-order valence-electron chi connectivity index (χ4n) is 2.93. The van der Waals surface area contributed by atoms with Gasteiger partial charge >= 0.3 is 0 Å². The van der Waals surface area contributed by atoms with Gasteiger partial charge in [-0.2, -0.15) is 0 Å². The molecule has 1 aliphatic carbocycles. The lowest BCUT2D eigenvalue weighted by atomic mass is 9.98. The van der Waals surface area contributed by atoms with Crippen molar-refractivity contribution in [1.82, 2.24) is 0 Å². The molecule has 1 heterocycles. The molecule has 0 aromatic heterocycles. The van der Waals surface area contributed by atoms with E-state index in [0.717, 1.165) is 36.1 Å². The Balaban J connectivity index is 1.79. The second-order valence-corrected chi connectivity index (χ2v) is 5.90. The maximum atomic E-state index is 10.4. The molecule has 3 rings (SSSR count). The molecule has 0 saturated heterocycles. The van der Waals surface area contributed by atoms with Crippen LogP contribution in [0.4, 0.5) is 0 Å². The average Bonchev–Trinajstić information content (AvgIpc) is 3.07. The Morgan fingerprint density at radius 1 is 1.47 bits per heavy atom. The summed E-state index contributed by atoms with van der Waals surface area (Å²) in [5, 5.41) is 11.1. The number of hydrogen-bond donors (Lipinski definition) is 1. The molecule has 104 valence electrons. The Morgan fingerprint density at radius 3 is 2.95 bits per heavy atom. The van der Waals surface area contributed by atoms with E-state index in [-0.39, 0.29) is 6.10 Å². The highest BCUT2D eigenvalue weighted by molar-refractivity contribution is 6.30. The molecular weight excluding hydrogens is 264 g/mol. The second kappa shape index (κ2) is 5.31. The Labute approximate surface area is 118 Å². The number of ether oxygens (including phenoxy) is 2. The van der Waals surface area contributed by atoms with Gasteiger partial charge in [0, 0.05) is 25.0 Å². The van der Waals surface area contributed by atoms with Gasteiger partial charge in [-0.1, -0.05) is 11.6 Å². The fraction of sp³-hybridized carbons (Fsp3) is 0.600. The molecule has 1 aliphatic heterocycles. The molecule has 0 bridgehead atoms. The van der Waals surface area contributed by atoms with Gasteiger partial charge in [0.2, 0.25) is 0 Å². The van der Waals surface area contributed by atoms with Crippen LogP contribution in [0.25, 0.3) is 0 Å². The van der Waals surface area contributed by atoms with Gasteiger partial charge in [-0.05, 0) is 42.0 Å². The van der Waals surface area contributed by atoms with Crippen LogP contribution in [0, 0.1) is 5.92 Å². The first-order chi connectivity index (χ1) is 9.19. The molecule has 19 heavy (non-hydrogen) atoms. The molecule has 3 nitrogen and oxygen atoms in total. The summed E-state index contributed by atoms with van der Waals surface area (Å²) in [5.74, 6) is 1.42. The van der Waals surface area contributed by atoms with Gasteiger partial charge < -0.3 is 14.6 Å². The minimum Gasteiger partial charge on any atom is -0.493 e. The molecule has 0 spiro atoms. The SMILES string of the molecule is COC(C(O)Cc1cc(Cl)cc2c1OCC2)C1CC1. The molecule has 0 amide bonds. The van der Waals surface area contributed by atoms with E-state index in [1.165, 1.54) is 0 Å². The highest BCUT2D eigenvalue weighted by atomic mass is 35.5. The number of rotatable bonds is 5. The van der Waals surface area contributed by atoms with Crippen molar-refractivity contribution in [2.45, 2.75) is 37.9 Å². The van der Waals surface area contributed by atoms with Crippen molar-refractivity contribution in [3.05, 3.63) is 28.3 Å². The van der Waals surface area contributed by atoms with Crippen LogP contribution in [0.15, 0.2) is 12.1 Å². The second-order valence-electron chi connectivity index (χ2n) is 5.46. The number of hydrogen-bond acceptors (Lipinski definition) is 3. The average molecular weight is 283 g/mol. The molecule has 0 radical (unpaired) electrons. The van der Waals surface area contributed by atoms with E-state index in [9.17, 15) is 5.11 Å². The molecule has 1 aromatic carbocycles. The fourth-order valence-corrected chi connectivity index (χ4v) is 3.19. The van der Waals surface area contributed by atoms with Gasteiger partial charge in [0.1, 0.15) is 5.75 Å². The summed E-state index contributed by atoms with van der Waals surface area (Å²) in [6.07, 6.45) is 3.17. The van der Waals surface area contributed by atoms with Gasteiger partial charge in [0.25, 0.3) is 0 Å². The molecule has 1 N–H and O–H groups in total. The van der Waals surface area contributed by atoms with Crippen LogP contribution in [0.2, 0.25) is 5.02 Å². The summed E-state index contributed by atoms with van der Waals surface area (Å²) in [4.78, 5) is 0. The smallest absolute Gasteiger partial charge is 0.126 e. The monoisotopic (exact) mass is 282 g/mol. The normalized spacial score (nSPS) is 20.8. The number of fused-ring (bicyclic) bond motifs is 1. The van der Waals surface area contributed by atoms with Crippen molar-refractivity contribution >= 4 is 11.6 Å². The molecule has 2 aliphatic rings. The van der Waals surface area contributed by atoms with E-state index >= 15 is 0 Å². The van der Waals surface area contributed by atoms with Crippen molar-refractivity contribution in [1.29, 1.82) is 0 Å². The third-order valence-corrected chi connectivity index (χ3v) is 4.21. The van der Waals surface area contributed by atoms with E-state index in [4.69, 9.17) is 21.1 Å². The molecule has 2 unspecified atom stereocenters. The maximum absolute atomic E-state index is 10.4. The summed E-state index contributed by atoms with van der Waals surface area (Å²) < 4.78 is 11.1. The number of aliphatic hydroxyl groups is 1. The Hall–Kier alpha value is -0.770. The highest BCUT2D eigenvalue weighted by Crippen LogP contribution is 2.38. The van der Waals surface area contributed by atoms with Crippen LogP contribution in [0.3, 0.4) is 0 Å². The van der Waals surface area contributed by atoms with Gasteiger partial charge in [-0.15, -0.1) is 0 Å². The third-order valence-electron chi connectivity index (χ3n) is 3.99. The zero-order chi connectivity index (χ0) is 13.4. The van der Waals surface area contributed by atoms with Crippen LogP contribution in [-0.4, -0.2) is 31.0 Å². The summed E-state index contributed by atoms with van der Waals surface area (Å²) in [7, 11) is 1.67. The van der Waals surface area contributed by atoms with Crippen molar-refractivity contribution in [2.75, 3.05) is 13.7 Å². The van der Waals surface area contributed by atoms with E-state index < -0.39 is 6.10 Å². The predicted octanol–water partition coefficient (Wildman–Crippen LogP) is 2.60. The summed E-state index contributed by atoms with van der Waals surface area (Å²) in [5.41, 5.74) is 2.14. The molecule has 1 saturated carbocycles. The molecule has 1 fully saturated rings. The van der Waals surface area contributed by atoms with Gasteiger partial charge in [-0.25, -0.2) is 0 Å². The van der Waals surface area contributed by atoms with E-state index in [2.05, 4.69) is 0 Å². The first kappa shape index (κ1) is 13.2. The van der Waals surface area contributed by atoms with Crippen molar-refractivity contribution in [2.24, 2.45) is 5.92 Å². The lowest BCUT2D eigenvalue weighted by Gasteiger charge is -2.22. The van der Waals surface area contributed by atoms with Gasteiger partial charge in [0.15, 0.2) is 0 Å². The first-order valence-corrected chi connectivity index (χ1v) is 7.22. The van der Waals surface area contributed by atoms with Crippen LogP contribution in [0.1, 0.15) is 24.0 Å². The number of methoxy groups -OCH3 is 1. The molecule has 2 atom stereocenters. The standard InChI is InChI=1S/C15H19ClO3/c1-18-15(9-2-3-9)13(17)8-11-7-12(16)6-10-4-5-19-14(10)11/h6-7,9,13,15,17H,2-5,8H2,1H3. The third kappa shape index (κ3) is 2.73. The minimum absolute atomic E-state index is 0.0731. The highest BCUT2D eigenvalue weighted by Gasteiger charge is 2.36. The molecular formula is C15H19ClO3. The Morgan fingerprint density at radius 2 is 2.26 bits per heavy atom. The quantitative estimate of drug-likeness (QED) is 0.902. The lowest BCUT2D eigenvalue weighted by Crippen LogP contribution is -2.32. The zero-order valence-corrected chi connectivity index (χ0v) is 11.8. The first-order valence-electron chi connectivity index (χ1n) is 6.84. The molecule has 4 heteroatoms. The van der Waals surface area contributed by atoms with Crippen LogP contribution in [-0.2, 0) is 17.6 Å². The topological polar surface area (TPSA) is 38.7 Å². The Kier molecular flexibility index (Phi) is 3.70. The van der Waals surface area contributed by atoms with Crippen molar-refractivity contribution in [3.63, 3.8) is 0 Å². The van der Waals surface area contributed by atoms with E-state index in [1.807, 2.05) is 12.1 Å². The van der Waals surface area contributed by atoms with E-state index in [1.54, 1.807) is 7.11 Å². The summed E-state index contributed by atoms with van der Waals surface area (Å²) in [6, 6.07) is 3.85. The maximum Gasteiger partial charge on any atom is 0.126 e. The zero-order valence-electron chi connectivity index (χ0n) is 11.1. The van der Waals surface area contributed by atoms with Crippen LogP contribution >= 0.6 is 11.6 Å². The van der Waals surface area contributed by atoms with E-state index in [0.29, 0.717) is 24.0 Å². The predicted molar refractivity (Wildman–Crippen MR) is 73.9 cm³/mol. The van der Waals surface area contributed by atoms with Crippen molar-refractivity contribution < 1.29 is 14.6 Å². The number of halogens is 1. The number of aliphatic hydroxyl groups excluding tert-OH is 1. The van der Waals surface area contributed by atoms with Gasteiger partial charge in [0.05, 0.1) is 18.8 Å². The Bertz CT molecular complexity index is 471. The van der Waals surface area contributed by atoms with Crippen molar-refractivity contribution in [3.8, 4) is 5.75 Å². The lowest BCUT2D eigenvalue weighted by molar-refractivity contribution is -0.0239. The number of benzene rings is 1. The summed E-state index contributed by atoms with van der Waals surface area (Å²) >= 11 is 6.13. The van der Waals surface area contributed by atoms with Crippen LogP contribution in [0.5, 0.6) is 5.75 Å². The van der Waals surface area contributed by atoms with Crippen LogP contribution < -0.4 is 4.74 Å².